The SMILES string of the molecule is CCc1nc(C2(N)CCCCC2C)sc1C. The molecular weight excluding hydrogens is 216 g/mol. The van der Waals surface area contributed by atoms with E-state index >= 15 is 0 Å². The van der Waals surface area contributed by atoms with Gasteiger partial charge in [0.25, 0.3) is 0 Å². The van der Waals surface area contributed by atoms with Gasteiger partial charge in [-0.05, 0) is 32.1 Å². The predicted octanol–water partition coefficient (Wildman–Crippen LogP) is 3.38. The first-order valence-corrected chi connectivity index (χ1v) is 7.15. The Bertz CT molecular complexity index is 372. The molecule has 2 unspecified atom stereocenters. The zero-order chi connectivity index (χ0) is 11.8. The molecule has 16 heavy (non-hydrogen) atoms. The molecule has 1 saturated carbocycles. The van der Waals surface area contributed by atoms with Crippen molar-refractivity contribution in [3.8, 4) is 0 Å². The molecule has 0 saturated heterocycles. The van der Waals surface area contributed by atoms with Crippen molar-refractivity contribution in [3.63, 3.8) is 0 Å². The number of aryl methyl sites for hydroxylation is 2. The third-order valence-corrected chi connectivity index (χ3v) is 5.19. The molecule has 3 heteroatoms. The van der Waals surface area contributed by atoms with Crippen LogP contribution in [0.3, 0.4) is 0 Å². The van der Waals surface area contributed by atoms with Gasteiger partial charge in [-0.2, -0.15) is 0 Å². The zero-order valence-corrected chi connectivity index (χ0v) is 11.4. The summed E-state index contributed by atoms with van der Waals surface area (Å²) < 4.78 is 0. The van der Waals surface area contributed by atoms with Crippen molar-refractivity contribution in [3.05, 3.63) is 15.6 Å². The molecule has 1 aromatic heterocycles. The molecule has 2 atom stereocenters. The molecule has 0 aromatic carbocycles. The third kappa shape index (κ3) is 1.91. The van der Waals surface area contributed by atoms with E-state index in [1.807, 2.05) is 11.3 Å². The average molecular weight is 238 g/mol. The van der Waals surface area contributed by atoms with Crippen LogP contribution in [0, 0.1) is 12.8 Å². The van der Waals surface area contributed by atoms with E-state index < -0.39 is 0 Å². The van der Waals surface area contributed by atoms with Gasteiger partial charge in [-0.3, -0.25) is 0 Å². The smallest absolute Gasteiger partial charge is 0.113 e. The Kier molecular flexibility index (Phi) is 3.36. The van der Waals surface area contributed by atoms with Crippen LogP contribution in [0.4, 0.5) is 0 Å². The number of nitrogens with zero attached hydrogens (tertiary/aromatic N) is 1. The highest BCUT2D eigenvalue weighted by atomic mass is 32.1. The lowest BCUT2D eigenvalue weighted by molar-refractivity contribution is 0.206. The van der Waals surface area contributed by atoms with E-state index in [2.05, 4.69) is 20.8 Å². The maximum Gasteiger partial charge on any atom is 0.113 e. The number of thiazole rings is 1. The second-order valence-corrected chi connectivity index (χ2v) is 6.27. The molecule has 1 aliphatic rings. The van der Waals surface area contributed by atoms with Gasteiger partial charge in [0.2, 0.25) is 0 Å². The third-order valence-electron chi connectivity index (χ3n) is 3.98. The first-order valence-electron chi connectivity index (χ1n) is 6.33. The topological polar surface area (TPSA) is 38.9 Å². The average Bonchev–Trinajstić information content (AvgIpc) is 2.65. The Labute approximate surface area is 102 Å². The Balaban J connectivity index is 2.33. The highest BCUT2D eigenvalue weighted by molar-refractivity contribution is 7.11. The minimum atomic E-state index is -0.152. The summed E-state index contributed by atoms with van der Waals surface area (Å²) in [6.07, 6.45) is 5.94. The number of aromatic nitrogens is 1. The van der Waals surface area contributed by atoms with Gasteiger partial charge in [-0.25, -0.2) is 4.98 Å². The molecule has 2 nitrogen and oxygen atoms in total. The monoisotopic (exact) mass is 238 g/mol. The van der Waals surface area contributed by atoms with Gasteiger partial charge < -0.3 is 5.73 Å². The minimum absolute atomic E-state index is 0.152. The number of nitrogens with two attached hydrogens (primary N) is 1. The summed E-state index contributed by atoms with van der Waals surface area (Å²) in [5, 5.41) is 1.18. The Morgan fingerprint density at radius 1 is 1.50 bits per heavy atom. The Morgan fingerprint density at radius 2 is 2.25 bits per heavy atom. The van der Waals surface area contributed by atoms with Crippen LogP contribution in [0.5, 0.6) is 0 Å². The summed E-state index contributed by atoms with van der Waals surface area (Å²) in [5.41, 5.74) is 7.70. The van der Waals surface area contributed by atoms with E-state index in [1.54, 1.807) is 0 Å². The molecule has 1 fully saturated rings. The first kappa shape index (κ1) is 12.1. The molecule has 0 aliphatic heterocycles. The van der Waals surface area contributed by atoms with E-state index in [4.69, 9.17) is 10.7 Å². The second-order valence-electron chi connectivity index (χ2n) is 5.06. The van der Waals surface area contributed by atoms with Crippen LogP contribution >= 0.6 is 11.3 Å². The van der Waals surface area contributed by atoms with Gasteiger partial charge in [0.15, 0.2) is 0 Å². The van der Waals surface area contributed by atoms with E-state index in [9.17, 15) is 0 Å². The van der Waals surface area contributed by atoms with E-state index in [1.165, 1.54) is 34.8 Å². The summed E-state index contributed by atoms with van der Waals surface area (Å²) in [6, 6.07) is 0. The van der Waals surface area contributed by atoms with Crippen LogP contribution in [-0.4, -0.2) is 4.98 Å². The molecule has 1 aliphatic carbocycles. The predicted molar refractivity (Wildman–Crippen MR) is 69.7 cm³/mol. The van der Waals surface area contributed by atoms with Crippen molar-refractivity contribution in [2.45, 2.75) is 58.4 Å². The second kappa shape index (κ2) is 4.46. The van der Waals surface area contributed by atoms with Crippen LogP contribution < -0.4 is 5.73 Å². The standard InChI is InChI=1S/C13H22N2S/c1-4-11-10(3)16-12(15-11)13(14)8-6-5-7-9(13)2/h9H,4-8,14H2,1-3H3. The molecule has 1 aromatic rings. The molecular formula is C13H22N2S. The van der Waals surface area contributed by atoms with Crippen LogP contribution in [-0.2, 0) is 12.0 Å². The summed E-state index contributed by atoms with van der Waals surface area (Å²) >= 11 is 1.81. The highest BCUT2D eigenvalue weighted by Gasteiger charge is 2.38. The summed E-state index contributed by atoms with van der Waals surface area (Å²) in [5.74, 6) is 0.566. The number of hydrogen-bond acceptors (Lipinski definition) is 3. The maximum absolute atomic E-state index is 6.61. The van der Waals surface area contributed by atoms with Gasteiger partial charge >= 0.3 is 0 Å². The van der Waals surface area contributed by atoms with Gasteiger partial charge in [-0.15, -0.1) is 11.3 Å². The summed E-state index contributed by atoms with van der Waals surface area (Å²) in [4.78, 5) is 6.11. The Morgan fingerprint density at radius 3 is 2.81 bits per heavy atom. The quantitative estimate of drug-likeness (QED) is 0.858. The molecule has 0 bridgehead atoms. The molecule has 0 amide bonds. The fourth-order valence-electron chi connectivity index (χ4n) is 2.64. The lowest BCUT2D eigenvalue weighted by Gasteiger charge is -2.37. The van der Waals surface area contributed by atoms with Crippen molar-refractivity contribution in [2.75, 3.05) is 0 Å². The van der Waals surface area contributed by atoms with Crippen LogP contribution in [0.15, 0.2) is 0 Å². The first-order chi connectivity index (χ1) is 7.58. The lowest BCUT2D eigenvalue weighted by Crippen LogP contribution is -2.45. The fraction of sp³-hybridized carbons (Fsp3) is 0.769. The van der Waals surface area contributed by atoms with Gasteiger partial charge in [0, 0.05) is 4.88 Å². The maximum atomic E-state index is 6.61. The fourth-order valence-corrected chi connectivity index (χ4v) is 3.89. The van der Waals surface area contributed by atoms with Crippen LogP contribution in [0.1, 0.15) is 55.1 Å². The summed E-state index contributed by atoms with van der Waals surface area (Å²) in [6.45, 7) is 6.61. The highest BCUT2D eigenvalue weighted by Crippen LogP contribution is 2.41. The van der Waals surface area contributed by atoms with Crippen LogP contribution in [0.2, 0.25) is 0 Å². The largest absolute Gasteiger partial charge is 0.319 e. The normalized spacial score (nSPS) is 30.6. The number of rotatable bonds is 2. The van der Waals surface area contributed by atoms with Crippen molar-refractivity contribution < 1.29 is 0 Å². The molecule has 0 spiro atoms. The molecule has 0 radical (unpaired) electrons. The van der Waals surface area contributed by atoms with E-state index in [-0.39, 0.29) is 5.54 Å². The van der Waals surface area contributed by atoms with Gasteiger partial charge in [-0.1, -0.05) is 26.7 Å². The minimum Gasteiger partial charge on any atom is -0.319 e. The molecule has 90 valence electrons. The van der Waals surface area contributed by atoms with Crippen LogP contribution in [0.25, 0.3) is 0 Å². The van der Waals surface area contributed by atoms with Crippen molar-refractivity contribution in [1.82, 2.24) is 4.98 Å². The van der Waals surface area contributed by atoms with Gasteiger partial charge in [0.05, 0.1) is 11.2 Å². The lowest BCUT2D eigenvalue weighted by atomic mass is 9.75. The van der Waals surface area contributed by atoms with Crippen molar-refractivity contribution >= 4 is 11.3 Å². The van der Waals surface area contributed by atoms with Crippen molar-refractivity contribution in [1.29, 1.82) is 0 Å². The molecule has 1 heterocycles. The molecule has 2 N–H and O–H groups in total. The van der Waals surface area contributed by atoms with Gasteiger partial charge in [0.1, 0.15) is 5.01 Å². The van der Waals surface area contributed by atoms with E-state index in [0.717, 1.165) is 12.8 Å². The number of hydrogen-bond donors (Lipinski definition) is 1. The summed E-state index contributed by atoms with van der Waals surface area (Å²) in [7, 11) is 0. The zero-order valence-electron chi connectivity index (χ0n) is 10.5. The Hall–Kier alpha value is -0.410. The van der Waals surface area contributed by atoms with E-state index in [0.29, 0.717) is 5.92 Å². The van der Waals surface area contributed by atoms with Crippen molar-refractivity contribution in [2.24, 2.45) is 11.7 Å². The molecule has 2 rings (SSSR count).